The maximum Gasteiger partial charge on any atom is 0.262 e. The topological polar surface area (TPSA) is 60.9 Å². The third-order valence-electron chi connectivity index (χ3n) is 3.52. The second kappa shape index (κ2) is 5.93. The van der Waals surface area contributed by atoms with E-state index in [1.165, 1.54) is 20.2 Å². The van der Waals surface area contributed by atoms with Gasteiger partial charge in [0, 0.05) is 14.1 Å². The number of allylic oxidation sites excluding steroid dienone is 2. The van der Waals surface area contributed by atoms with Gasteiger partial charge in [0.1, 0.15) is 5.57 Å². The summed E-state index contributed by atoms with van der Waals surface area (Å²) in [6.45, 7) is 1.99. The summed E-state index contributed by atoms with van der Waals surface area (Å²) in [5.41, 5.74) is 2.17. The number of nitrogens with zero attached hydrogens (tertiary/aromatic N) is 2. The Balaban J connectivity index is 2.26. The molecule has 0 atom stereocenters. The molecule has 0 radical (unpaired) electrons. The lowest BCUT2D eigenvalue weighted by Gasteiger charge is -2.36. The van der Waals surface area contributed by atoms with E-state index in [2.05, 4.69) is 0 Å². The number of hydrogen-bond donors (Lipinski definition) is 1. The maximum atomic E-state index is 12.0. The first-order valence-corrected chi connectivity index (χ1v) is 6.60. The van der Waals surface area contributed by atoms with Crippen molar-refractivity contribution in [1.82, 2.24) is 9.80 Å². The van der Waals surface area contributed by atoms with Gasteiger partial charge in [0.15, 0.2) is 0 Å². The Hall–Kier alpha value is -2.40. The molecule has 1 heterocycles. The number of aryl methyl sites for hydroxylation is 1. The molecular weight excluding hydrogens is 268 g/mol. The Labute approximate surface area is 123 Å². The standard InChI is InChI=1S/C16H18N2O3/c1-11-7-4-5-8-12(11)9-6-10-13-14(19)17(2)16(21)18(3)15(13)20/h4-10,16,21H,1-3H3. The average molecular weight is 286 g/mol. The van der Waals surface area contributed by atoms with Gasteiger partial charge in [-0.25, -0.2) is 0 Å². The van der Waals surface area contributed by atoms with E-state index in [0.29, 0.717) is 0 Å². The van der Waals surface area contributed by atoms with Crippen molar-refractivity contribution in [3.63, 3.8) is 0 Å². The van der Waals surface area contributed by atoms with Gasteiger partial charge in [0.05, 0.1) is 0 Å². The van der Waals surface area contributed by atoms with Crippen molar-refractivity contribution in [2.24, 2.45) is 0 Å². The molecular formula is C16H18N2O3. The molecule has 2 rings (SSSR count). The van der Waals surface area contributed by atoms with Crippen LogP contribution >= 0.6 is 0 Å². The summed E-state index contributed by atoms with van der Waals surface area (Å²) < 4.78 is 0. The van der Waals surface area contributed by atoms with Gasteiger partial charge in [-0.1, -0.05) is 36.4 Å². The van der Waals surface area contributed by atoms with E-state index in [-0.39, 0.29) is 5.57 Å². The predicted octanol–water partition coefficient (Wildman–Crippen LogP) is 1.14. The summed E-state index contributed by atoms with van der Waals surface area (Å²) in [4.78, 5) is 26.3. The highest BCUT2D eigenvalue weighted by atomic mass is 16.3. The molecule has 110 valence electrons. The van der Waals surface area contributed by atoms with Gasteiger partial charge < -0.3 is 5.11 Å². The number of aliphatic hydroxyl groups is 1. The highest BCUT2D eigenvalue weighted by Crippen LogP contribution is 2.17. The SMILES string of the molecule is Cc1ccccc1C=CC=C1C(=O)N(C)C(O)N(C)C1=O. The fourth-order valence-corrected chi connectivity index (χ4v) is 2.11. The number of rotatable bonds is 2. The normalized spacial score (nSPS) is 19.6. The molecule has 5 heteroatoms. The van der Waals surface area contributed by atoms with E-state index in [4.69, 9.17) is 0 Å². The van der Waals surface area contributed by atoms with Crippen molar-refractivity contribution in [2.45, 2.75) is 13.3 Å². The minimum atomic E-state index is -1.22. The van der Waals surface area contributed by atoms with Crippen LogP contribution in [0.2, 0.25) is 0 Å². The quantitative estimate of drug-likeness (QED) is 0.655. The largest absolute Gasteiger partial charge is 0.356 e. The van der Waals surface area contributed by atoms with Crippen molar-refractivity contribution in [3.05, 3.63) is 53.1 Å². The first kappa shape index (κ1) is 15.0. The van der Waals surface area contributed by atoms with Crippen LogP contribution in [-0.2, 0) is 9.59 Å². The average Bonchev–Trinajstić information content (AvgIpc) is 2.48. The van der Waals surface area contributed by atoms with Crippen LogP contribution in [0.1, 0.15) is 11.1 Å². The van der Waals surface area contributed by atoms with Gasteiger partial charge in [-0.05, 0) is 24.1 Å². The molecule has 1 N–H and O–H groups in total. The summed E-state index contributed by atoms with van der Waals surface area (Å²) >= 11 is 0. The molecule has 0 aromatic heterocycles. The number of likely N-dealkylation sites (N-methyl/N-ethyl adjacent to an activating group) is 2. The van der Waals surface area contributed by atoms with Crippen LogP contribution in [0.25, 0.3) is 6.08 Å². The molecule has 21 heavy (non-hydrogen) atoms. The lowest BCUT2D eigenvalue weighted by molar-refractivity contribution is -0.167. The summed E-state index contributed by atoms with van der Waals surface area (Å²) in [5, 5.41) is 9.71. The van der Waals surface area contributed by atoms with Crippen molar-refractivity contribution in [2.75, 3.05) is 14.1 Å². The van der Waals surface area contributed by atoms with Crippen LogP contribution in [-0.4, -0.2) is 47.2 Å². The first-order chi connectivity index (χ1) is 9.93. The molecule has 1 saturated heterocycles. The number of hydrogen-bond acceptors (Lipinski definition) is 3. The summed E-state index contributed by atoms with van der Waals surface area (Å²) in [6, 6.07) is 7.82. The van der Waals surface area contributed by atoms with Gasteiger partial charge in [0.25, 0.3) is 11.8 Å². The second-order valence-corrected chi connectivity index (χ2v) is 4.97. The number of aliphatic hydroxyl groups excluding tert-OH is 1. The molecule has 0 unspecified atom stereocenters. The highest BCUT2D eigenvalue weighted by Gasteiger charge is 2.37. The Bertz CT molecular complexity index is 610. The zero-order valence-corrected chi connectivity index (χ0v) is 12.3. The third-order valence-corrected chi connectivity index (χ3v) is 3.52. The number of carbonyl (C=O) groups excluding carboxylic acids is 2. The Morgan fingerprint density at radius 3 is 2.24 bits per heavy atom. The monoisotopic (exact) mass is 286 g/mol. The molecule has 1 aliphatic heterocycles. The highest BCUT2D eigenvalue weighted by molar-refractivity contribution is 6.20. The van der Waals surface area contributed by atoms with Crippen LogP contribution in [0.15, 0.2) is 42.0 Å². The van der Waals surface area contributed by atoms with Crippen LogP contribution in [0.3, 0.4) is 0 Å². The number of benzene rings is 1. The van der Waals surface area contributed by atoms with Crippen LogP contribution in [0.4, 0.5) is 0 Å². The van der Waals surface area contributed by atoms with E-state index >= 15 is 0 Å². The molecule has 5 nitrogen and oxygen atoms in total. The van der Waals surface area contributed by atoms with Crippen molar-refractivity contribution < 1.29 is 14.7 Å². The first-order valence-electron chi connectivity index (χ1n) is 6.60. The molecule has 0 saturated carbocycles. The Morgan fingerprint density at radius 1 is 1.10 bits per heavy atom. The fraction of sp³-hybridized carbons (Fsp3) is 0.250. The second-order valence-electron chi connectivity index (χ2n) is 4.97. The zero-order chi connectivity index (χ0) is 15.6. The molecule has 1 aliphatic rings. The lowest BCUT2D eigenvalue weighted by atomic mass is 10.1. The van der Waals surface area contributed by atoms with Crippen molar-refractivity contribution in [1.29, 1.82) is 0 Å². The van der Waals surface area contributed by atoms with Gasteiger partial charge in [-0.2, -0.15) is 0 Å². The summed E-state index contributed by atoms with van der Waals surface area (Å²) in [5.74, 6) is -0.972. The van der Waals surface area contributed by atoms with Crippen LogP contribution < -0.4 is 0 Å². The minimum Gasteiger partial charge on any atom is -0.356 e. The molecule has 0 aliphatic carbocycles. The molecule has 2 amide bonds. The van der Waals surface area contributed by atoms with E-state index < -0.39 is 18.2 Å². The Morgan fingerprint density at radius 2 is 1.67 bits per heavy atom. The molecule has 1 aromatic carbocycles. The summed E-state index contributed by atoms with van der Waals surface area (Å²) in [6.07, 6.45) is 3.78. The maximum absolute atomic E-state index is 12.0. The van der Waals surface area contributed by atoms with E-state index in [1.807, 2.05) is 37.3 Å². The molecule has 0 bridgehead atoms. The van der Waals surface area contributed by atoms with Gasteiger partial charge in [-0.15, -0.1) is 0 Å². The molecule has 1 aromatic rings. The smallest absolute Gasteiger partial charge is 0.262 e. The van der Waals surface area contributed by atoms with E-state index in [9.17, 15) is 14.7 Å². The van der Waals surface area contributed by atoms with Crippen molar-refractivity contribution >= 4 is 17.9 Å². The minimum absolute atomic E-state index is 0.0372. The van der Waals surface area contributed by atoms with Crippen LogP contribution in [0, 0.1) is 6.92 Å². The molecule has 0 spiro atoms. The van der Waals surface area contributed by atoms with Gasteiger partial charge in [0.2, 0.25) is 6.35 Å². The van der Waals surface area contributed by atoms with E-state index in [1.54, 1.807) is 6.08 Å². The lowest BCUT2D eigenvalue weighted by Crippen LogP contribution is -2.56. The number of amides is 2. The summed E-state index contributed by atoms with van der Waals surface area (Å²) in [7, 11) is 2.91. The van der Waals surface area contributed by atoms with Gasteiger partial charge in [-0.3, -0.25) is 19.4 Å². The Kier molecular flexibility index (Phi) is 4.23. The number of carbonyl (C=O) groups is 2. The van der Waals surface area contributed by atoms with E-state index in [0.717, 1.165) is 20.9 Å². The third kappa shape index (κ3) is 2.87. The molecule has 1 fully saturated rings. The predicted molar refractivity (Wildman–Crippen MR) is 79.8 cm³/mol. The zero-order valence-electron chi connectivity index (χ0n) is 12.3. The van der Waals surface area contributed by atoms with Crippen LogP contribution in [0.5, 0.6) is 0 Å². The fourth-order valence-electron chi connectivity index (χ4n) is 2.11. The van der Waals surface area contributed by atoms with Gasteiger partial charge >= 0.3 is 0 Å². The van der Waals surface area contributed by atoms with Crippen molar-refractivity contribution in [3.8, 4) is 0 Å².